The van der Waals surface area contributed by atoms with Crippen molar-refractivity contribution in [1.82, 2.24) is 19.5 Å². The van der Waals surface area contributed by atoms with Crippen molar-refractivity contribution in [2.45, 2.75) is 0 Å². The summed E-state index contributed by atoms with van der Waals surface area (Å²) < 4.78 is 6.29. The molecule has 82 valence electrons. The molecule has 0 N–H and O–H groups in total. The van der Waals surface area contributed by atoms with Gasteiger partial charge in [0.2, 0.25) is 0 Å². The fourth-order valence-electron chi connectivity index (χ4n) is 1.32. The van der Waals surface area contributed by atoms with E-state index in [1.165, 1.54) is 17.9 Å². The van der Waals surface area contributed by atoms with Crippen molar-refractivity contribution in [2.75, 3.05) is 7.11 Å². The Bertz CT molecular complexity index is 547. The number of aromatic nitrogens is 4. The standard InChI is InChI=1S/C10H10N4O2/c1-14-8(3-4-11-10(14)15)7-5-12-9(16-2)13-6-7/h3-6H,1-2H3. The summed E-state index contributed by atoms with van der Waals surface area (Å²) in [6.45, 7) is 0. The zero-order chi connectivity index (χ0) is 11.5. The highest BCUT2D eigenvalue weighted by Crippen LogP contribution is 2.15. The Morgan fingerprint density at radius 1 is 1.25 bits per heavy atom. The Labute approximate surface area is 91.6 Å². The van der Waals surface area contributed by atoms with Crippen LogP contribution in [0.2, 0.25) is 0 Å². The minimum atomic E-state index is -0.312. The second-order valence-electron chi connectivity index (χ2n) is 3.13. The molecule has 0 aliphatic rings. The lowest BCUT2D eigenvalue weighted by atomic mass is 10.2. The van der Waals surface area contributed by atoms with Gasteiger partial charge < -0.3 is 4.74 Å². The van der Waals surface area contributed by atoms with E-state index in [1.54, 1.807) is 25.5 Å². The SMILES string of the molecule is COc1ncc(-c2ccnc(=O)n2C)cn1. The van der Waals surface area contributed by atoms with Crippen LogP contribution in [0.4, 0.5) is 0 Å². The molecule has 0 amide bonds. The maximum Gasteiger partial charge on any atom is 0.347 e. The number of rotatable bonds is 2. The maximum atomic E-state index is 11.3. The van der Waals surface area contributed by atoms with Gasteiger partial charge in [-0.25, -0.2) is 19.7 Å². The Balaban J connectivity index is 2.50. The van der Waals surface area contributed by atoms with Gasteiger partial charge in [-0.2, -0.15) is 0 Å². The molecule has 0 aromatic carbocycles. The molecule has 0 radical (unpaired) electrons. The molecule has 2 aromatic rings. The highest BCUT2D eigenvalue weighted by Gasteiger charge is 2.04. The van der Waals surface area contributed by atoms with E-state index < -0.39 is 0 Å². The minimum absolute atomic E-state index is 0.294. The predicted octanol–water partition coefficient (Wildman–Crippen LogP) is 0.246. The molecule has 6 nitrogen and oxygen atoms in total. The molecule has 2 heterocycles. The van der Waals surface area contributed by atoms with E-state index >= 15 is 0 Å². The molecule has 0 saturated carbocycles. The molecule has 0 saturated heterocycles. The van der Waals surface area contributed by atoms with Gasteiger partial charge in [0.25, 0.3) is 0 Å². The first-order valence-corrected chi connectivity index (χ1v) is 4.61. The second-order valence-corrected chi connectivity index (χ2v) is 3.13. The van der Waals surface area contributed by atoms with Gasteiger partial charge in [0.15, 0.2) is 0 Å². The Morgan fingerprint density at radius 3 is 2.56 bits per heavy atom. The molecule has 6 heteroatoms. The largest absolute Gasteiger partial charge is 0.467 e. The van der Waals surface area contributed by atoms with Crippen LogP contribution in [-0.2, 0) is 7.05 Å². The third kappa shape index (κ3) is 1.77. The van der Waals surface area contributed by atoms with Crippen molar-refractivity contribution in [3.8, 4) is 17.3 Å². The monoisotopic (exact) mass is 218 g/mol. The molecule has 0 aliphatic carbocycles. The average Bonchev–Trinajstić information content (AvgIpc) is 2.33. The lowest BCUT2D eigenvalue weighted by Gasteiger charge is -2.06. The first-order chi connectivity index (χ1) is 7.72. The number of nitrogens with zero attached hydrogens (tertiary/aromatic N) is 4. The summed E-state index contributed by atoms with van der Waals surface area (Å²) in [5.41, 5.74) is 1.14. The van der Waals surface area contributed by atoms with Gasteiger partial charge in [-0.05, 0) is 6.07 Å². The number of methoxy groups -OCH3 is 1. The van der Waals surface area contributed by atoms with Gasteiger partial charge in [0, 0.05) is 31.2 Å². The van der Waals surface area contributed by atoms with Gasteiger partial charge in [0.1, 0.15) is 0 Å². The van der Waals surface area contributed by atoms with Crippen molar-refractivity contribution >= 4 is 0 Å². The Hall–Kier alpha value is -2.24. The van der Waals surface area contributed by atoms with Gasteiger partial charge in [-0.1, -0.05) is 0 Å². The zero-order valence-corrected chi connectivity index (χ0v) is 8.91. The summed E-state index contributed by atoms with van der Waals surface area (Å²) in [6, 6.07) is 2.02. The topological polar surface area (TPSA) is 69.9 Å². The normalized spacial score (nSPS) is 10.1. The first kappa shape index (κ1) is 10.3. The molecule has 0 aliphatic heterocycles. The van der Waals surface area contributed by atoms with E-state index in [0.29, 0.717) is 11.7 Å². The van der Waals surface area contributed by atoms with E-state index in [1.807, 2.05) is 0 Å². The van der Waals surface area contributed by atoms with E-state index in [0.717, 1.165) is 5.56 Å². The number of hydrogen-bond donors (Lipinski definition) is 0. The van der Waals surface area contributed by atoms with E-state index in [2.05, 4.69) is 15.0 Å². The van der Waals surface area contributed by atoms with Crippen LogP contribution >= 0.6 is 0 Å². The van der Waals surface area contributed by atoms with Gasteiger partial charge in [-0.15, -0.1) is 0 Å². The lowest BCUT2D eigenvalue weighted by molar-refractivity contribution is 0.380. The summed E-state index contributed by atoms with van der Waals surface area (Å²) in [5.74, 6) is 0. The third-order valence-corrected chi connectivity index (χ3v) is 2.17. The van der Waals surface area contributed by atoms with Crippen LogP contribution in [0.5, 0.6) is 6.01 Å². The molecular weight excluding hydrogens is 208 g/mol. The summed E-state index contributed by atoms with van der Waals surface area (Å²) in [4.78, 5) is 22.9. The van der Waals surface area contributed by atoms with Crippen LogP contribution in [0.3, 0.4) is 0 Å². The van der Waals surface area contributed by atoms with Gasteiger partial charge in [-0.3, -0.25) is 4.57 Å². The van der Waals surface area contributed by atoms with Gasteiger partial charge in [0.05, 0.1) is 12.8 Å². The molecular formula is C10H10N4O2. The summed E-state index contributed by atoms with van der Waals surface area (Å²) >= 11 is 0. The zero-order valence-electron chi connectivity index (χ0n) is 8.91. The van der Waals surface area contributed by atoms with E-state index in [9.17, 15) is 4.79 Å². The second kappa shape index (κ2) is 4.09. The molecule has 0 bridgehead atoms. The predicted molar refractivity (Wildman–Crippen MR) is 57.1 cm³/mol. The lowest BCUT2D eigenvalue weighted by Crippen LogP contribution is -2.20. The fraction of sp³-hybridized carbons (Fsp3) is 0.200. The van der Waals surface area contributed by atoms with Crippen LogP contribution in [0, 0.1) is 0 Å². The van der Waals surface area contributed by atoms with E-state index in [4.69, 9.17) is 4.74 Å². The number of hydrogen-bond acceptors (Lipinski definition) is 5. The Kier molecular flexibility index (Phi) is 2.63. The molecule has 0 unspecified atom stereocenters. The van der Waals surface area contributed by atoms with Crippen LogP contribution in [0.25, 0.3) is 11.3 Å². The van der Waals surface area contributed by atoms with Crippen molar-refractivity contribution in [3.63, 3.8) is 0 Å². The fourth-order valence-corrected chi connectivity index (χ4v) is 1.32. The van der Waals surface area contributed by atoms with Crippen LogP contribution < -0.4 is 10.4 Å². The molecule has 0 fully saturated rings. The van der Waals surface area contributed by atoms with Gasteiger partial charge >= 0.3 is 11.7 Å². The third-order valence-electron chi connectivity index (χ3n) is 2.17. The van der Waals surface area contributed by atoms with Crippen molar-refractivity contribution < 1.29 is 4.74 Å². The highest BCUT2D eigenvalue weighted by molar-refractivity contribution is 5.56. The minimum Gasteiger partial charge on any atom is -0.467 e. The first-order valence-electron chi connectivity index (χ1n) is 4.61. The smallest absolute Gasteiger partial charge is 0.347 e. The van der Waals surface area contributed by atoms with E-state index in [-0.39, 0.29) is 5.69 Å². The van der Waals surface area contributed by atoms with Crippen molar-refractivity contribution in [1.29, 1.82) is 0 Å². The summed E-state index contributed by atoms with van der Waals surface area (Å²) in [6.07, 6.45) is 4.66. The summed E-state index contributed by atoms with van der Waals surface area (Å²) in [5, 5.41) is 0. The number of ether oxygens (including phenoxy) is 1. The highest BCUT2D eigenvalue weighted by atomic mass is 16.5. The molecule has 0 spiro atoms. The van der Waals surface area contributed by atoms with Crippen molar-refractivity contribution in [2.24, 2.45) is 7.05 Å². The van der Waals surface area contributed by atoms with Crippen molar-refractivity contribution in [3.05, 3.63) is 35.1 Å². The van der Waals surface area contributed by atoms with Crippen LogP contribution in [0.1, 0.15) is 0 Å². The molecule has 0 atom stereocenters. The summed E-state index contributed by atoms with van der Waals surface area (Å²) in [7, 11) is 3.14. The Morgan fingerprint density at radius 2 is 1.94 bits per heavy atom. The van der Waals surface area contributed by atoms with Crippen LogP contribution in [0.15, 0.2) is 29.5 Å². The maximum absolute atomic E-state index is 11.3. The molecule has 16 heavy (non-hydrogen) atoms. The van der Waals surface area contributed by atoms with Crippen LogP contribution in [-0.4, -0.2) is 26.6 Å². The average molecular weight is 218 g/mol. The quantitative estimate of drug-likeness (QED) is 0.722. The molecule has 2 rings (SSSR count). The molecule has 2 aromatic heterocycles.